The summed E-state index contributed by atoms with van der Waals surface area (Å²) >= 11 is 0. The third kappa shape index (κ3) is 5.06. The number of carbonyl (C=O) groups is 2. The van der Waals surface area contributed by atoms with E-state index in [9.17, 15) is 9.59 Å². The van der Waals surface area contributed by atoms with Gasteiger partial charge in [0.1, 0.15) is 6.61 Å². The monoisotopic (exact) mass is 332 g/mol. The van der Waals surface area contributed by atoms with Gasteiger partial charge in [-0.3, -0.25) is 9.59 Å². The van der Waals surface area contributed by atoms with Crippen LogP contribution < -0.4 is 5.73 Å². The number of nitrogens with zero attached hydrogens (tertiary/aromatic N) is 1. The second-order valence-corrected chi connectivity index (χ2v) is 7.11. The zero-order valence-corrected chi connectivity index (χ0v) is 14.7. The third-order valence-electron chi connectivity index (χ3n) is 4.64. The van der Waals surface area contributed by atoms with Gasteiger partial charge in [0.15, 0.2) is 0 Å². The van der Waals surface area contributed by atoms with Gasteiger partial charge in [0.05, 0.1) is 0 Å². The van der Waals surface area contributed by atoms with E-state index < -0.39 is 0 Å². The number of piperidine rings is 1. The zero-order valence-electron chi connectivity index (χ0n) is 14.7. The fourth-order valence-corrected chi connectivity index (χ4v) is 3.46. The van der Waals surface area contributed by atoms with Crippen LogP contribution in [-0.4, -0.2) is 35.4 Å². The summed E-state index contributed by atoms with van der Waals surface area (Å²) in [6, 6.07) is 9.68. The van der Waals surface area contributed by atoms with Gasteiger partial charge in [0.2, 0.25) is 5.91 Å². The number of rotatable bonds is 6. The van der Waals surface area contributed by atoms with Gasteiger partial charge in [0, 0.05) is 31.5 Å². The second kappa shape index (κ2) is 8.29. The standard InChI is InChI=1S/C19H28N2O3/c1-19(2)13-16(9-11-21(19)17(22)8-10-20)12-18(23)24-14-15-6-4-3-5-7-15/h3-7,16H,8-14,20H2,1-2H3. The van der Waals surface area contributed by atoms with E-state index >= 15 is 0 Å². The van der Waals surface area contributed by atoms with E-state index in [-0.39, 0.29) is 23.3 Å². The van der Waals surface area contributed by atoms with Crippen molar-refractivity contribution in [1.82, 2.24) is 4.90 Å². The number of likely N-dealkylation sites (tertiary alicyclic amines) is 1. The van der Waals surface area contributed by atoms with Crippen molar-refractivity contribution in [2.75, 3.05) is 13.1 Å². The molecule has 1 atom stereocenters. The summed E-state index contributed by atoms with van der Waals surface area (Å²) < 4.78 is 5.38. The van der Waals surface area contributed by atoms with E-state index in [0.29, 0.717) is 32.5 Å². The van der Waals surface area contributed by atoms with E-state index in [2.05, 4.69) is 13.8 Å². The normalized spacial score (nSPS) is 19.8. The summed E-state index contributed by atoms with van der Waals surface area (Å²) in [6.07, 6.45) is 2.44. The van der Waals surface area contributed by atoms with Crippen LogP contribution in [0.1, 0.15) is 45.1 Å². The predicted molar refractivity (Wildman–Crippen MR) is 93.0 cm³/mol. The number of carbonyl (C=O) groups excluding carboxylic acids is 2. The topological polar surface area (TPSA) is 72.6 Å². The lowest BCUT2D eigenvalue weighted by Gasteiger charge is -2.45. The van der Waals surface area contributed by atoms with Gasteiger partial charge in [-0.2, -0.15) is 0 Å². The van der Waals surface area contributed by atoms with Crippen LogP contribution in [0.4, 0.5) is 0 Å². The number of hydrogen-bond donors (Lipinski definition) is 1. The molecule has 132 valence electrons. The summed E-state index contributed by atoms with van der Waals surface area (Å²) in [5.74, 6) is 0.194. The van der Waals surface area contributed by atoms with Crippen LogP contribution in [0.3, 0.4) is 0 Å². The average Bonchev–Trinajstić information content (AvgIpc) is 2.53. The Morgan fingerprint density at radius 1 is 1.29 bits per heavy atom. The molecule has 1 aliphatic rings. The predicted octanol–water partition coefficient (Wildman–Crippen LogP) is 2.49. The Morgan fingerprint density at radius 2 is 2.00 bits per heavy atom. The van der Waals surface area contributed by atoms with Crippen LogP contribution in [0, 0.1) is 5.92 Å². The van der Waals surface area contributed by atoms with Crippen molar-refractivity contribution in [3.63, 3.8) is 0 Å². The Hall–Kier alpha value is -1.88. The van der Waals surface area contributed by atoms with E-state index in [1.165, 1.54) is 0 Å². The molecule has 1 fully saturated rings. The van der Waals surface area contributed by atoms with Crippen LogP contribution in [0.5, 0.6) is 0 Å². The van der Waals surface area contributed by atoms with E-state index in [4.69, 9.17) is 10.5 Å². The molecule has 1 aromatic carbocycles. The first-order chi connectivity index (χ1) is 11.4. The maximum absolute atomic E-state index is 12.2. The molecular weight excluding hydrogens is 304 g/mol. The Balaban J connectivity index is 1.82. The smallest absolute Gasteiger partial charge is 0.306 e. The highest BCUT2D eigenvalue weighted by molar-refractivity contribution is 5.77. The Labute approximate surface area is 144 Å². The molecule has 24 heavy (non-hydrogen) atoms. The first-order valence-corrected chi connectivity index (χ1v) is 8.62. The second-order valence-electron chi connectivity index (χ2n) is 7.11. The minimum atomic E-state index is -0.241. The molecule has 0 bridgehead atoms. The first-order valence-electron chi connectivity index (χ1n) is 8.62. The number of nitrogens with two attached hydrogens (primary N) is 1. The third-order valence-corrected chi connectivity index (χ3v) is 4.64. The molecule has 0 spiro atoms. The van der Waals surface area contributed by atoms with E-state index in [1.807, 2.05) is 35.2 Å². The summed E-state index contributed by atoms with van der Waals surface area (Å²) in [5.41, 5.74) is 6.24. The van der Waals surface area contributed by atoms with Gasteiger partial charge in [-0.05, 0) is 38.2 Å². The summed E-state index contributed by atoms with van der Waals surface area (Å²) in [5, 5.41) is 0. The van der Waals surface area contributed by atoms with Gasteiger partial charge >= 0.3 is 5.97 Å². The highest BCUT2D eigenvalue weighted by Crippen LogP contribution is 2.33. The van der Waals surface area contributed by atoms with Crippen LogP contribution in [-0.2, 0) is 20.9 Å². The molecule has 0 aromatic heterocycles. The van der Waals surface area contributed by atoms with Crippen molar-refractivity contribution >= 4 is 11.9 Å². The fraction of sp³-hybridized carbons (Fsp3) is 0.579. The highest BCUT2D eigenvalue weighted by Gasteiger charge is 2.37. The summed E-state index contributed by atoms with van der Waals surface area (Å²) in [6.45, 7) is 5.49. The van der Waals surface area contributed by atoms with Crippen molar-refractivity contribution in [3.8, 4) is 0 Å². The summed E-state index contributed by atoms with van der Waals surface area (Å²) in [4.78, 5) is 26.2. The SMILES string of the molecule is CC1(C)CC(CC(=O)OCc2ccccc2)CCN1C(=O)CCN. The van der Waals surface area contributed by atoms with Gasteiger partial charge in [-0.15, -0.1) is 0 Å². The van der Waals surface area contributed by atoms with Crippen LogP contribution in [0.15, 0.2) is 30.3 Å². The molecule has 1 saturated heterocycles. The van der Waals surface area contributed by atoms with Gasteiger partial charge in [0.25, 0.3) is 0 Å². The lowest BCUT2D eigenvalue weighted by Crippen LogP contribution is -2.53. The Kier molecular flexibility index (Phi) is 6.37. The molecule has 2 N–H and O–H groups in total. The van der Waals surface area contributed by atoms with E-state index in [0.717, 1.165) is 18.4 Å². The van der Waals surface area contributed by atoms with Crippen molar-refractivity contribution in [1.29, 1.82) is 0 Å². The van der Waals surface area contributed by atoms with Gasteiger partial charge in [-0.25, -0.2) is 0 Å². The largest absolute Gasteiger partial charge is 0.461 e. The van der Waals surface area contributed by atoms with Crippen molar-refractivity contribution < 1.29 is 14.3 Å². The molecule has 1 heterocycles. The highest BCUT2D eigenvalue weighted by atomic mass is 16.5. The van der Waals surface area contributed by atoms with Gasteiger partial charge in [-0.1, -0.05) is 30.3 Å². The molecule has 0 radical (unpaired) electrons. The zero-order chi connectivity index (χ0) is 17.6. The molecule has 1 aliphatic heterocycles. The van der Waals surface area contributed by atoms with Crippen molar-refractivity contribution in [2.45, 2.75) is 51.7 Å². The lowest BCUT2D eigenvalue weighted by atomic mass is 9.81. The fourth-order valence-electron chi connectivity index (χ4n) is 3.46. The van der Waals surface area contributed by atoms with Crippen molar-refractivity contribution in [3.05, 3.63) is 35.9 Å². The molecule has 1 amide bonds. The molecule has 0 saturated carbocycles. The molecule has 5 heteroatoms. The lowest BCUT2D eigenvalue weighted by molar-refractivity contribution is -0.147. The number of amides is 1. The maximum Gasteiger partial charge on any atom is 0.306 e. The van der Waals surface area contributed by atoms with Crippen LogP contribution >= 0.6 is 0 Å². The number of esters is 1. The number of ether oxygens (including phenoxy) is 1. The van der Waals surface area contributed by atoms with Crippen LogP contribution in [0.25, 0.3) is 0 Å². The number of benzene rings is 1. The van der Waals surface area contributed by atoms with Gasteiger partial charge < -0.3 is 15.4 Å². The molecule has 1 aromatic rings. The Bertz CT molecular complexity index is 557. The average molecular weight is 332 g/mol. The van der Waals surface area contributed by atoms with Crippen molar-refractivity contribution in [2.24, 2.45) is 11.7 Å². The molecular formula is C19H28N2O3. The molecule has 5 nitrogen and oxygen atoms in total. The maximum atomic E-state index is 12.2. The molecule has 1 unspecified atom stereocenters. The first kappa shape index (κ1) is 18.5. The van der Waals surface area contributed by atoms with E-state index in [1.54, 1.807) is 0 Å². The quantitative estimate of drug-likeness (QED) is 0.812. The summed E-state index contributed by atoms with van der Waals surface area (Å²) in [7, 11) is 0. The van der Waals surface area contributed by atoms with Crippen LogP contribution in [0.2, 0.25) is 0 Å². The minimum Gasteiger partial charge on any atom is -0.461 e. The minimum absolute atomic E-state index is 0.104. The molecule has 2 rings (SSSR count). The Morgan fingerprint density at radius 3 is 2.62 bits per heavy atom. The molecule has 0 aliphatic carbocycles. The number of hydrogen-bond acceptors (Lipinski definition) is 4.